The van der Waals surface area contributed by atoms with E-state index in [1.54, 1.807) is 13.3 Å². The summed E-state index contributed by atoms with van der Waals surface area (Å²) in [6.45, 7) is 8.51. The van der Waals surface area contributed by atoms with E-state index in [-0.39, 0.29) is 24.0 Å². The number of aromatic nitrogens is 1. The van der Waals surface area contributed by atoms with E-state index >= 15 is 0 Å². The molecule has 2 aromatic rings. The molecule has 1 aromatic heterocycles. The third-order valence-corrected chi connectivity index (χ3v) is 5.06. The van der Waals surface area contributed by atoms with Gasteiger partial charge in [0, 0.05) is 50.2 Å². The Labute approximate surface area is 202 Å². The summed E-state index contributed by atoms with van der Waals surface area (Å²) < 4.78 is 10.8. The first-order valence-corrected chi connectivity index (χ1v) is 10.6. The monoisotopic (exact) mass is 539 g/mol. The average molecular weight is 539 g/mol. The summed E-state index contributed by atoms with van der Waals surface area (Å²) in [6.07, 6.45) is 2.81. The molecule has 0 aliphatic carbocycles. The van der Waals surface area contributed by atoms with E-state index in [2.05, 4.69) is 58.6 Å². The quantitative estimate of drug-likeness (QED) is 0.221. The van der Waals surface area contributed by atoms with Gasteiger partial charge >= 0.3 is 0 Å². The predicted octanol–water partition coefficient (Wildman–Crippen LogP) is 3.37. The summed E-state index contributed by atoms with van der Waals surface area (Å²) in [6, 6.07) is 13.0. The van der Waals surface area contributed by atoms with E-state index < -0.39 is 0 Å². The Morgan fingerprint density at radius 1 is 1.23 bits per heavy atom. The molecule has 31 heavy (non-hydrogen) atoms. The normalized spacial score (nSPS) is 16.0. The number of anilines is 1. The van der Waals surface area contributed by atoms with Gasteiger partial charge < -0.3 is 25.0 Å². The molecule has 1 atom stereocenters. The fourth-order valence-electron chi connectivity index (χ4n) is 3.44. The molecule has 2 N–H and O–H groups in total. The Balaban J connectivity index is 0.00000341. The topological polar surface area (TPSA) is 71.0 Å². The number of halogens is 1. The number of hydrogen-bond donors (Lipinski definition) is 2. The molecule has 0 spiro atoms. The largest absolute Gasteiger partial charge is 0.475 e. The molecule has 1 aromatic carbocycles. The van der Waals surface area contributed by atoms with Crippen LogP contribution in [0, 0.1) is 6.92 Å². The molecule has 7 nitrogen and oxygen atoms in total. The molecule has 1 aliphatic rings. The van der Waals surface area contributed by atoms with Gasteiger partial charge in [0.1, 0.15) is 6.61 Å². The van der Waals surface area contributed by atoms with Crippen LogP contribution in [-0.4, -0.2) is 56.9 Å². The van der Waals surface area contributed by atoms with Gasteiger partial charge in [0.15, 0.2) is 5.96 Å². The summed E-state index contributed by atoms with van der Waals surface area (Å²) in [4.78, 5) is 11.5. The van der Waals surface area contributed by atoms with Crippen molar-refractivity contribution in [2.45, 2.75) is 32.9 Å². The number of aryl methyl sites for hydroxylation is 1. The highest BCUT2D eigenvalue weighted by atomic mass is 127. The second-order valence-corrected chi connectivity index (χ2v) is 7.42. The van der Waals surface area contributed by atoms with Crippen molar-refractivity contribution >= 4 is 35.6 Å². The molecule has 0 amide bonds. The van der Waals surface area contributed by atoms with Crippen LogP contribution < -0.4 is 20.3 Å². The van der Waals surface area contributed by atoms with Crippen LogP contribution in [0.3, 0.4) is 0 Å². The number of hydrogen-bond acceptors (Lipinski definition) is 5. The molecule has 3 rings (SSSR count). The van der Waals surface area contributed by atoms with Gasteiger partial charge in [-0.25, -0.2) is 9.98 Å². The maximum atomic E-state index is 5.72. The van der Waals surface area contributed by atoms with Gasteiger partial charge in [0.2, 0.25) is 5.88 Å². The SMILES string of the molecule is CCNC(=NCc1cccnc1OCCOC)NC1CCN(c2ccc(C)cc2)C1.I. The number of methoxy groups -OCH3 is 1. The molecule has 170 valence electrons. The summed E-state index contributed by atoms with van der Waals surface area (Å²) in [7, 11) is 1.66. The van der Waals surface area contributed by atoms with Crippen LogP contribution in [0.4, 0.5) is 5.69 Å². The van der Waals surface area contributed by atoms with Crippen LogP contribution in [0.1, 0.15) is 24.5 Å². The summed E-state index contributed by atoms with van der Waals surface area (Å²) in [5.41, 5.74) is 3.52. The lowest BCUT2D eigenvalue weighted by Crippen LogP contribution is -2.44. The first kappa shape index (κ1) is 25.2. The number of guanidine groups is 1. The predicted molar refractivity (Wildman–Crippen MR) is 137 cm³/mol. The number of benzene rings is 1. The molecule has 2 heterocycles. The van der Waals surface area contributed by atoms with E-state index in [0.717, 1.165) is 37.6 Å². The van der Waals surface area contributed by atoms with Crippen molar-refractivity contribution in [3.8, 4) is 5.88 Å². The zero-order chi connectivity index (χ0) is 21.2. The number of rotatable bonds is 9. The van der Waals surface area contributed by atoms with E-state index in [1.165, 1.54) is 11.3 Å². The highest BCUT2D eigenvalue weighted by Crippen LogP contribution is 2.21. The van der Waals surface area contributed by atoms with E-state index in [0.29, 0.717) is 31.7 Å². The Hall–Kier alpha value is -2.07. The minimum atomic E-state index is 0. The van der Waals surface area contributed by atoms with Gasteiger partial charge in [-0.1, -0.05) is 23.8 Å². The molecular formula is C23H34IN5O2. The van der Waals surface area contributed by atoms with Crippen molar-refractivity contribution in [2.75, 3.05) is 44.9 Å². The fraction of sp³-hybridized carbons (Fsp3) is 0.478. The summed E-state index contributed by atoms with van der Waals surface area (Å²) in [5.74, 6) is 1.43. The molecule has 1 aliphatic heterocycles. The van der Waals surface area contributed by atoms with E-state index in [4.69, 9.17) is 14.5 Å². The van der Waals surface area contributed by atoms with E-state index in [9.17, 15) is 0 Å². The van der Waals surface area contributed by atoms with Gasteiger partial charge in [-0.15, -0.1) is 24.0 Å². The molecule has 0 radical (unpaired) electrons. The lowest BCUT2D eigenvalue weighted by molar-refractivity contribution is 0.143. The van der Waals surface area contributed by atoms with Crippen molar-refractivity contribution in [3.05, 3.63) is 53.7 Å². The standard InChI is InChI=1S/C23H33N5O2.HI/c1-4-24-23(26-16-19-6-5-12-25-22(19)30-15-14-29-3)27-20-11-13-28(17-20)21-9-7-18(2)8-10-21;/h5-10,12,20H,4,11,13-17H2,1-3H3,(H2,24,26,27);1H. The number of nitrogens with zero attached hydrogens (tertiary/aromatic N) is 3. The minimum absolute atomic E-state index is 0. The fourth-order valence-corrected chi connectivity index (χ4v) is 3.44. The first-order chi connectivity index (χ1) is 14.7. The highest BCUT2D eigenvalue weighted by molar-refractivity contribution is 14.0. The zero-order valence-electron chi connectivity index (χ0n) is 18.6. The number of ether oxygens (including phenoxy) is 2. The maximum Gasteiger partial charge on any atom is 0.218 e. The molecule has 0 bridgehead atoms. The van der Waals surface area contributed by atoms with Crippen LogP contribution in [-0.2, 0) is 11.3 Å². The van der Waals surface area contributed by atoms with Crippen molar-refractivity contribution < 1.29 is 9.47 Å². The molecule has 1 unspecified atom stereocenters. The Morgan fingerprint density at radius 3 is 2.77 bits per heavy atom. The third kappa shape index (κ3) is 7.84. The van der Waals surface area contributed by atoms with Crippen LogP contribution >= 0.6 is 24.0 Å². The molecule has 1 saturated heterocycles. The maximum absolute atomic E-state index is 5.72. The second-order valence-electron chi connectivity index (χ2n) is 7.42. The van der Waals surface area contributed by atoms with Gasteiger partial charge in [-0.3, -0.25) is 0 Å². The van der Waals surface area contributed by atoms with E-state index in [1.807, 2.05) is 12.1 Å². The lowest BCUT2D eigenvalue weighted by Gasteiger charge is -2.20. The first-order valence-electron chi connectivity index (χ1n) is 10.6. The van der Waals surface area contributed by atoms with Gasteiger partial charge in [0.25, 0.3) is 0 Å². The second kappa shape index (κ2) is 13.4. The Bertz CT molecular complexity index is 816. The smallest absolute Gasteiger partial charge is 0.218 e. The van der Waals surface area contributed by atoms with Crippen LogP contribution in [0.25, 0.3) is 0 Å². The van der Waals surface area contributed by atoms with Gasteiger partial charge in [-0.2, -0.15) is 0 Å². The Kier molecular flexibility index (Phi) is 10.9. The molecule has 8 heteroatoms. The van der Waals surface area contributed by atoms with Crippen molar-refractivity contribution in [1.82, 2.24) is 15.6 Å². The Morgan fingerprint density at radius 2 is 2.03 bits per heavy atom. The third-order valence-electron chi connectivity index (χ3n) is 5.06. The molecule has 1 fully saturated rings. The summed E-state index contributed by atoms with van der Waals surface area (Å²) >= 11 is 0. The molecule has 0 saturated carbocycles. The number of pyridine rings is 1. The highest BCUT2D eigenvalue weighted by Gasteiger charge is 2.23. The lowest BCUT2D eigenvalue weighted by atomic mass is 10.2. The minimum Gasteiger partial charge on any atom is -0.475 e. The van der Waals surface area contributed by atoms with Crippen LogP contribution in [0.5, 0.6) is 5.88 Å². The van der Waals surface area contributed by atoms with Crippen molar-refractivity contribution in [1.29, 1.82) is 0 Å². The van der Waals surface area contributed by atoms with Crippen LogP contribution in [0.15, 0.2) is 47.6 Å². The van der Waals surface area contributed by atoms with Crippen LogP contribution in [0.2, 0.25) is 0 Å². The van der Waals surface area contributed by atoms with Gasteiger partial charge in [0.05, 0.1) is 13.2 Å². The number of nitrogens with one attached hydrogen (secondary N) is 2. The van der Waals surface area contributed by atoms with Crippen molar-refractivity contribution in [3.63, 3.8) is 0 Å². The van der Waals surface area contributed by atoms with Crippen molar-refractivity contribution in [2.24, 2.45) is 4.99 Å². The van der Waals surface area contributed by atoms with Gasteiger partial charge in [-0.05, 0) is 38.5 Å². The summed E-state index contributed by atoms with van der Waals surface area (Å²) in [5, 5.41) is 6.94. The molecular weight excluding hydrogens is 505 g/mol. The zero-order valence-corrected chi connectivity index (χ0v) is 21.0. The average Bonchev–Trinajstić information content (AvgIpc) is 3.22. The number of aliphatic imine (C=N–C) groups is 1.